The molecule has 3 rings (SSSR count). The molecule has 1 aromatic carbocycles. The molecule has 0 radical (unpaired) electrons. The van der Waals surface area contributed by atoms with Gasteiger partial charge in [0.25, 0.3) is 11.8 Å². The molecule has 7 nitrogen and oxygen atoms in total. The molecule has 0 bridgehead atoms. The SMILES string of the molecule is C[C@H]1CN(C(=O)COC(=O)[C@H](Cc2ccccc2)NC(=O)c2cccs2)C[C@H](C)O1. The highest BCUT2D eigenvalue weighted by Gasteiger charge is 2.28. The van der Waals surface area contributed by atoms with Crippen LogP contribution in [0.3, 0.4) is 0 Å². The van der Waals surface area contributed by atoms with Gasteiger partial charge in [-0.15, -0.1) is 11.3 Å². The van der Waals surface area contributed by atoms with Crippen molar-refractivity contribution in [3.8, 4) is 0 Å². The van der Waals surface area contributed by atoms with E-state index in [-0.39, 0.29) is 37.0 Å². The van der Waals surface area contributed by atoms with Crippen LogP contribution in [0.4, 0.5) is 0 Å². The molecule has 2 heterocycles. The van der Waals surface area contributed by atoms with Crippen LogP contribution in [0.1, 0.15) is 29.1 Å². The number of amides is 2. The maximum atomic E-state index is 12.7. The summed E-state index contributed by atoms with van der Waals surface area (Å²) >= 11 is 1.29. The van der Waals surface area contributed by atoms with Crippen molar-refractivity contribution in [2.45, 2.75) is 38.5 Å². The van der Waals surface area contributed by atoms with Gasteiger partial charge in [-0.3, -0.25) is 9.59 Å². The van der Waals surface area contributed by atoms with Crippen molar-refractivity contribution in [3.63, 3.8) is 0 Å². The lowest BCUT2D eigenvalue weighted by Crippen LogP contribution is -2.50. The van der Waals surface area contributed by atoms with Crippen molar-refractivity contribution in [3.05, 3.63) is 58.3 Å². The summed E-state index contributed by atoms with van der Waals surface area (Å²) in [5.74, 6) is -1.25. The lowest BCUT2D eigenvalue weighted by Gasteiger charge is -2.35. The molecule has 1 aliphatic rings. The number of rotatable bonds is 7. The van der Waals surface area contributed by atoms with Crippen LogP contribution >= 0.6 is 11.3 Å². The third-order valence-electron chi connectivity index (χ3n) is 4.73. The van der Waals surface area contributed by atoms with Gasteiger partial charge in [-0.25, -0.2) is 4.79 Å². The Morgan fingerprint density at radius 3 is 2.47 bits per heavy atom. The van der Waals surface area contributed by atoms with Crippen LogP contribution in [0.15, 0.2) is 47.8 Å². The first-order chi connectivity index (χ1) is 14.4. The van der Waals surface area contributed by atoms with E-state index >= 15 is 0 Å². The molecule has 0 spiro atoms. The van der Waals surface area contributed by atoms with Crippen LogP contribution in [0.25, 0.3) is 0 Å². The molecular weight excluding hydrogens is 404 g/mol. The Labute approximate surface area is 180 Å². The molecule has 1 aromatic heterocycles. The number of carbonyl (C=O) groups excluding carboxylic acids is 3. The zero-order chi connectivity index (χ0) is 21.5. The first kappa shape index (κ1) is 22.0. The zero-order valence-electron chi connectivity index (χ0n) is 17.1. The molecular formula is C22H26N2O5S. The van der Waals surface area contributed by atoms with E-state index in [0.29, 0.717) is 18.0 Å². The molecule has 30 heavy (non-hydrogen) atoms. The number of morpholine rings is 1. The lowest BCUT2D eigenvalue weighted by atomic mass is 10.1. The fourth-order valence-electron chi connectivity index (χ4n) is 3.39. The third-order valence-corrected chi connectivity index (χ3v) is 5.60. The van der Waals surface area contributed by atoms with Gasteiger partial charge < -0.3 is 19.7 Å². The number of nitrogens with zero attached hydrogens (tertiary/aromatic N) is 1. The minimum absolute atomic E-state index is 0.0654. The van der Waals surface area contributed by atoms with Crippen molar-refractivity contribution in [2.24, 2.45) is 0 Å². The standard InChI is InChI=1S/C22H26N2O5S/c1-15-12-24(13-16(2)29-15)20(25)14-28-22(27)18(11-17-7-4-3-5-8-17)23-21(26)19-9-6-10-30-19/h3-10,15-16,18H,11-14H2,1-2H3,(H,23,26)/t15-,16-,18-/m0/s1. The van der Waals surface area contributed by atoms with E-state index in [9.17, 15) is 14.4 Å². The topological polar surface area (TPSA) is 84.9 Å². The normalized spacial score (nSPS) is 19.7. The molecule has 1 aliphatic heterocycles. The minimum Gasteiger partial charge on any atom is -0.454 e. The van der Waals surface area contributed by atoms with Crippen LogP contribution < -0.4 is 5.32 Å². The molecule has 1 saturated heterocycles. The Bertz CT molecular complexity index is 846. The first-order valence-electron chi connectivity index (χ1n) is 9.90. The number of hydrogen-bond donors (Lipinski definition) is 1. The summed E-state index contributed by atoms with van der Waals surface area (Å²) in [6, 6.07) is 11.9. The molecule has 3 atom stereocenters. The molecule has 1 N–H and O–H groups in total. The highest BCUT2D eigenvalue weighted by molar-refractivity contribution is 7.12. The van der Waals surface area contributed by atoms with E-state index in [1.54, 1.807) is 22.4 Å². The van der Waals surface area contributed by atoms with Gasteiger partial charge in [0.1, 0.15) is 6.04 Å². The van der Waals surface area contributed by atoms with Crippen LogP contribution in [0, 0.1) is 0 Å². The highest BCUT2D eigenvalue weighted by Crippen LogP contribution is 2.12. The predicted molar refractivity (Wildman–Crippen MR) is 113 cm³/mol. The average Bonchev–Trinajstić information content (AvgIpc) is 3.26. The van der Waals surface area contributed by atoms with Gasteiger partial charge >= 0.3 is 5.97 Å². The third kappa shape index (κ3) is 6.14. The number of esters is 1. The molecule has 2 aromatic rings. The quantitative estimate of drug-likeness (QED) is 0.681. The fraction of sp³-hybridized carbons (Fsp3) is 0.409. The summed E-state index contributed by atoms with van der Waals surface area (Å²) in [4.78, 5) is 39.9. The van der Waals surface area contributed by atoms with Gasteiger partial charge in [0.05, 0.1) is 17.1 Å². The van der Waals surface area contributed by atoms with Gasteiger partial charge in [-0.1, -0.05) is 36.4 Å². The average molecular weight is 431 g/mol. The van der Waals surface area contributed by atoms with Crippen molar-refractivity contribution in [2.75, 3.05) is 19.7 Å². The maximum absolute atomic E-state index is 12.7. The number of benzene rings is 1. The molecule has 0 saturated carbocycles. The van der Waals surface area contributed by atoms with Crippen LogP contribution in [0.2, 0.25) is 0 Å². The number of ether oxygens (including phenoxy) is 2. The second-order valence-electron chi connectivity index (χ2n) is 7.36. The molecule has 2 amide bonds. The van der Waals surface area contributed by atoms with Crippen LogP contribution in [-0.4, -0.2) is 60.6 Å². The van der Waals surface area contributed by atoms with Gasteiger partial charge in [-0.05, 0) is 30.9 Å². The smallest absolute Gasteiger partial charge is 0.329 e. The Morgan fingerprint density at radius 1 is 1.13 bits per heavy atom. The summed E-state index contributed by atoms with van der Waals surface area (Å²) in [6.07, 6.45) is 0.144. The van der Waals surface area contributed by atoms with Crippen LogP contribution in [-0.2, 0) is 25.5 Å². The summed E-state index contributed by atoms with van der Waals surface area (Å²) in [5.41, 5.74) is 0.882. The Morgan fingerprint density at radius 2 is 1.83 bits per heavy atom. The number of nitrogens with one attached hydrogen (secondary N) is 1. The highest BCUT2D eigenvalue weighted by atomic mass is 32.1. The van der Waals surface area contributed by atoms with E-state index in [2.05, 4.69) is 5.32 Å². The molecule has 0 aliphatic carbocycles. The van der Waals surface area contributed by atoms with Crippen molar-refractivity contribution >= 4 is 29.1 Å². The van der Waals surface area contributed by atoms with Crippen molar-refractivity contribution in [1.29, 1.82) is 0 Å². The summed E-state index contributed by atoms with van der Waals surface area (Å²) < 4.78 is 10.9. The Balaban J connectivity index is 1.62. The molecule has 8 heteroatoms. The molecule has 0 unspecified atom stereocenters. The van der Waals surface area contributed by atoms with Gasteiger partial charge in [0.15, 0.2) is 6.61 Å². The van der Waals surface area contributed by atoms with E-state index in [1.807, 2.05) is 44.2 Å². The zero-order valence-corrected chi connectivity index (χ0v) is 17.9. The number of thiophene rings is 1. The second kappa shape index (κ2) is 10.4. The fourth-order valence-corrected chi connectivity index (χ4v) is 4.01. The number of hydrogen-bond acceptors (Lipinski definition) is 6. The van der Waals surface area contributed by atoms with E-state index in [0.717, 1.165) is 5.56 Å². The summed E-state index contributed by atoms with van der Waals surface area (Å²) in [5, 5.41) is 4.53. The van der Waals surface area contributed by atoms with Gasteiger partial charge in [0.2, 0.25) is 0 Å². The monoisotopic (exact) mass is 430 g/mol. The van der Waals surface area contributed by atoms with Crippen molar-refractivity contribution < 1.29 is 23.9 Å². The molecule has 1 fully saturated rings. The van der Waals surface area contributed by atoms with Gasteiger partial charge in [0, 0.05) is 19.5 Å². The summed E-state index contributed by atoms with van der Waals surface area (Å²) in [7, 11) is 0. The minimum atomic E-state index is -0.891. The van der Waals surface area contributed by atoms with Gasteiger partial charge in [-0.2, -0.15) is 0 Å². The van der Waals surface area contributed by atoms with E-state index in [4.69, 9.17) is 9.47 Å². The molecule has 160 valence electrons. The van der Waals surface area contributed by atoms with Crippen LogP contribution in [0.5, 0.6) is 0 Å². The predicted octanol–water partition coefficient (Wildman–Crippen LogP) is 2.27. The summed E-state index contributed by atoms with van der Waals surface area (Å²) in [6.45, 7) is 4.36. The largest absolute Gasteiger partial charge is 0.454 e. The first-order valence-corrected chi connectivity index (χ1v) is 10.8. The van der Waals surface area contributed by atoms with E-state index < -0.39 is 12.0 Å². The second-order valence-corrected chi connectivity index (χ2v) is 8.30. The number of carbonyl (C=O) groups is 3. The Hall–Kier alpha value is -2.71. The lowest BCUT2D eigenvalue weighted by molar-refractivity contribution is -0.158. The Kier molecular flexibility index (Phi) is 7.59. The van der Waals surface area contributed by atoms with Crippen molar-refractivity contribution in [1.82, 2.24) is 10.2 Å². The maximum Gasteiger partial charge on any atom is 0.329 e. The van der Waals surface area contributed by atoms with E-state index in [1.165, 1.54) is 11.3 Å².